The summed E-state index contributed by atoms with van der Waals surface area (Å²) in [4.78, 5) is 12.0. The summed E-state index contributed by atoms with van der Waals surface area (Å²) in [6.45, 7) is 2.39. The highest BCUT2D eigenvalue weighted by Crippen LogP contribution is 2.23. The molecule has 2 aromatic carbocycles. The highest BCUT2D eigenvalue weighted by atomic mass is 35.5. The molecule has 0 radical (unpaired) electrons. The van der Waals surface area contributed by atoms with Gasteiger partial charge in [-0.25, -0.2) is 0 Å². The number of halogens is 1. The third-order valence-corrected chi connectivity index (χ3v) is 4.62. The van der Waals surface area contributed by atoms with Gasteiger partial charge >= 0.3 is 0 Å². The maximum absolute atomic E-state index is 12.0. The summed E-state index contributed by atoms with van der Waals surface area (Å²) in [6, 6.07) is 15.2. The van der Waals surface area contributed by atoms with Gasteiger partial charge in [0, 0.05) is 17.1 Å². The van der Waals surface area contributed by atoms with Crippen LogP contribution in [0.2, 0.25) is 5.02 Å². The fraction of sp³-hybridized carbons (Fsp3) is 0.167. The van der Waals surface area contributed by atoms with Gasteiger partial charge in [0.25, 0.3) is 5.22 Å². The molecule has 0 aliphatic heterocycles. The Labute approximate surface area is 154 Å². The number of carbonyl (C=O) groups is 1. The van der Waals surface area contributed by atoms with E-state index in [0.717, 1.165) is 16.7 Å². The summed E-state index contributed by atoms with van der Waals surface area (Å²) < 4.78 is 5.60. The molecule has 0 fully saturated rings. The molecule has 0 saturated carbocycles. The average Bonchev–Trinajstić information content (AvgIpc) is 3.08. The topological polar surface area (TPSA) is 68.0 Å². The smallest absolute Gasteiger partial charge is 0.277 e. The van der Waals surface area contributed by atoms with Gasteiger partial charge in [0.2, 0.25) is 11.8 Å². The quantitative estimate of drug-likeness (QED) is 0.658. The van der Waals surface area contributed by atoms with Gasteiger partial charge in [-0.3, -0.25) is 4.79 Å². The van der Waals surface area contributed by atoms with Crippen LogP contribution < -0.4 is 5.32 Å². The first kappa shape index (κ1) is 17.5. The number of amides is 1. The minimum Gasteiger partial charge on any atom is -0.411 e. The molecule has 0 aliphatic rings. The number of carbonyl (C=O) groups excluding carboxylic acids is 1. The minimum absolute atomic E-state index is 0.125. The highest BCUT2D eigenvalue weighted by Gasteiger charge is 2.11. The van der Waals surface area contributed by atoms with Crippen molar-refractivity contribution >= 4 is 29.3 Å². The van der Waals surface area contributed by atoms with Crippen LogP contribution in [0.3, 0.4) is 0 Å². The van der Waals surface area contributed by atoms with Crippen LogP contribution in [0.5, 0.6) is 0 Å². The molecule has 25 heavy (non-hydrogen) atoms. The third kappa shape index (κ3) is 4.84. The molecule has 1 N–H and O–H groups in total. The number of hydrogen-bond acceptors (Lipinski definition) is 5. The van der Waals surface area contributed by atoms with Crippen LogP contribution in [-0.2, 0) is 11.3 Å². The van der Waals surface area contributed by atoms with E-state index in [1.807, 2.05) is 49.4 Å². The lowest BCUT2D eigenvalue weighted by atomic mass is 10.1. The molecule has 3 aromatic rings. The summed E-state index contributed by atoms with van der Waals surface area (Å²) in [5.41, 5.74) is 2.86. The van der Waals surface area contributed by atoms with Crippen molar-refractivity contribution in [2.45, 2.75) is 18.7 Å². The van der Waals surface area contributed by atoms with Crippen LogP contribution in [0.15, 0.2) is 58.2 Å². The van der Waals surface area contributed by atoms with E-state index in [1.54, 1.807) is 6.07 Å². The van der Waals surface area contributed by atoms with Crippen molar-refractivity contribution in [2.75, 3.05) is 5.75 Å². The van der Waals surface area contributed by atoms with Crippen molar-refractivity contribution < 1.29 is 9.21 Å². The molecule has 128 valence electrons. The van der Waals surface area contributed by atoms with Gasteiger partial charge in [-0.15, -0.1) is 10.2 Å². The Morgan fingerprint density at radius 3 is 2.84 bits per heavy atom. The van der Waals surface area contributed by atoms with E-state index in [2.05, 4.69) is 15.5 Å². The van der Waals surface area contributed by atoms with E-state index in [-0.39, 0.29) is 11.7 Å². The normalized spacial score (nSPS) is 10.6. The number of hydrogen-bond donors (Lipinski definition) is 1. The van der Waals surface area contributed by atoms with Crippen molar-refractivity contribution in [2.24, 2.45) is 0 Å². The first-order valence-electron chi connectivity index (χ1n) is 7.65. The van der Waals surface area contributed by atoms with Gasteiger partial charge in [-0.2, -0.15) is 0 Å². The second-order valence-electron chi connectivity index (χ2n) is 5.40. The van der Waals surface area contributed by atoms with E-state index >= 15 is 0 Å². The Morgan fingerprint density at radius 2 is 2.04 bits per heavy atom. The molecule has 1 amide bonds. The van der Waals surface area contributed by atoms with Crippen molar-refractivity contribution in [1.82, 2.24) is 15.5 Å². The Morgan fingerprint density at radius 1 is 1.20 bits per heavy atom. The fourth-order valence-electron chi connectivity index (χ4n) is 2.18. The lowest BCUT2D eigenvalue weighted by Gasteiger charge is -2.05. The Bertz CT molecular complexity index is 882. The number of aromatic nitrogens is 2. The van der Waals surface area contributed by atoms with E-state index in [9.17, 15) is 4.79 Å². The molecule has 3 rings (SSSR count). The number of thioether (sulfide) groups is 1. The summed E-state index contributed by atoms with van der Waals surface area (Å²) in [5, 5.41) is 11.8. The second kappa shape index (κ2) is 8.18. The lowest BCUT2D eigenvalue weighted by Crippen LogP contribution is -2.24. The van der Waals surface area contributed by atoms with E-state index < -0.39 is 0 Å². The summed E-state index contributed by atoms with van der Waals surface area (Å²) in [7, 11) is 0. The molecule has 0 aliphatic carbocycles. The zero-order valence-electron chi connectivity index (χ0n) is 13.5. The summed E-state index contributed by atoms with van der Waals surface area (Å²) in [6.07, 6.45) is 0. The highest BCUT2D eigenvalue weighted by molar-refractivity contribution is 7.99. The predicted octanol–water partition coefficient (Wildman–Crippen LogP) is 4.11. The second-order valence-corrected chi connectivity index (χ2v) is 6.73. The summed E-state index contributed by atoms with van der Waals surface area (Å²) in [5.74, 6) is 0.516. The molecule has 0 saturated heterocycles. The average molecular weight is 374 g/mol. The van der Waals surface area contributed by atoms with Gasteiger partial charge in [-0.1, -0.05) is 59.3 Å². The number of aryl methyl sites for hydroxylation is 1. The standard InChI is InChI=1S/C18H16ClN3O2S/c1-12-5-4-7-13(9-12)17-21-22-18(24-17)25-11-16(23)20-10-14-6-2-3-8-15(14)19/h2-9H,10-11H2,1H3,(H,20,23). The van der Waals surface area contributed by atoms with Crippen molar-refractivity contribution in [3.8, 4) is 11.5 Å². The Balaban J connectivity index is 1.52. The lowest BCUT2D eigenvalue weighted by molar-refractivity contribution is -0.118. The molecule has 1 heterocycles. The van der Waals surface area contributed by atoms with Gasteiger partial charge in [0.1, 0.15) is 0 Å². The van der Waals surface area contributed by atoms with Gasteiger partial charge < -0.3 is 9.73 Å². The van der Waals surface area contributed by atoms with Crippen LogP contribution >= 0.6 is 23.4 Å². The van der Waals surface area contributed by atoms with E-state index in [1.165, 1.54) is 11.8 Å². The number of nitrogens with zero attached hydrogens (tertiary/aromatic N) is 2. The van der Waals surface area contributed by atoms with Crippen LogP contribution in [0.25, 0.3) is 11.5 Å². The van der Waals surface area contributed by atoms with E-state index in [0.29, 0.717) is 22.7 Å². The van der Waals surface area contributed by atoms with Gasteiger partial charge in [0.05, 0.1) is 5.75 Å². The maximum Gasteiger partial charge on any atom is 0.277 e. The van der Waals surface area contributed by atoms with Crippen LogP contribution in [-0.4, -0.2) is 21.9 Å². The van der Waals surface area contributed by atoms with Crippen LogP contribution in [0.4, 0.5) is 0 Å². The van der Waals surface area contributed by atoms with Gasteiger partial charge in [-0.05, 0) is 30.7 Å². The maximum atomic E-state index is 12.0. The van der Waals surface area contributed by atoms with Crippen molar-refractivity contribution in [1.29, 1.82) is 0 Å². The molecular formula is C18H16ClN3O2S. The fourth-order valence-corrected chi connectivity index (χ4v) is 2.97. The van der Waals surface area contributed by atoms with Crippen molar-refractivity contribution in [3.05, 3.63) is 64.7 Å². The monoisotopic (exact) mass is 373 g/mol. The van der Waals surface area contributed by atoms with Crippen LogP contribution in [0, 0.1) is 6.92 Å². The Hall–Kier alpha value is -2.31. The third-order valence-electron chi connectivity index (χ3n) is 3.43. The zero-order valence-corrected chi connectivity index (χ0v) is 15.1. The number of nitrogens with one attached hydrogen (secondary N) is 1. The van der Waals surface area contributed by atoms with Gasteiger partial charge in [0.15, 0.2) is 0 Å². The first-order chi connectivity index (χ1) is 12.1. The molecule has 1 aromatic heterocycles. The summed E-state index contributed by atoms with van der Waals surface area (Å²) >= 11 is 7.27. The molecule has 0 atom stereocenters. The molecule has 0 unspecified atom stereocenters. The van der Waals surface area contributed by atoms with Crippen LogP contribution in [0.1, 0.15) is 11.1 Å². The molecule has 7 heteroatoms. The largest absolute Gasteiger partial charge is 0.411 e. The zero-order chi connectivity index (χ0) is 17.6. The molecule has 0 spiro atoms. The first-order valence-corrected chi connectivity index (χ1v) is 9.01. The predicted molar refractivity (Wildman–Crippen MR) is 98.5 cm³/mol. The minimum atomic E-state index is -0.125. The molecular weight excluding hydrogens is 358 g/mol. The number of benzene rings is 2. The number of rotatable bonds is 6. The SMILES string of the molecule is Cc1cccc(-c2nnc(SCC(=O)NCc3ccccc3Cl)o2)c1. The molecule has 5 nitrogen and oxygen atoms in total. The van der Waals surface area contributed by atoms with E-state index in [4.69, 9.17) is 16.0 Å². The molecule has 0 bridgehead atoms. The van der Waals surface area contributed by atoms with Crippen molar-refractivity contribution in [3.63, 3.8) is 0 Å². The Kier molecular flexibility index (Phi) is 5.73.